The molecule has 1 aromatic carbocycles. The summed E-state index contributed by atoms with van der Waals surface area (Å²) in [4.78, 5) is 26.0. The monoisotopic (exact) mass is 388 g/mol. The Balaban J connectivity index is 1.78. The van der Waals surface area contributed by atoms with E-state index in [1.165, 1.54) is 0 Å². The molecule has 2 aliphatic heterocycles. The molecule has 0 saturated carbocycles. The molecule has 0 aliphatic carbocycles. The lowest BCUT2D eigenvalue weighted by atomic mass is 10.2. The van der Waals surface area contributed by atoms with Gasteiger partial charge in [-0.3, -0.25) is 9.59 Å². The SMILES string of the molecule is C[C@]12CCC(=O)N1[C@@H](C(=O)Nc1ccc(Br)cc1Cl)CS2. The molecule has 0 aromatic heterocycles. The quantitative estimate of drug-likeness (QED) is 0.842. The van der Waals surface area contributed by atoms with Crippen LogP contribution in [-0.2, 0) is 9.59 Å². The zero-order chi connectivity index (χ0) is 15.2. The van der Waals surface area contributed by atoms with E-state index < -0.39 is 6.04 Å². The third-order valence-corrected chi connectivity index (χ3v) is 6.25. The number of nitrogens with zero attached hydrogens (tertiary/aromatic N) is 1. The molecule has 7 heteroatoms. The number of benzene rings is 1. The van der Waals surface area contributed by atoms with E-state index in [1.54, 1.807) is 28.8 Å². The zero-order valence-electron chi connectivity index (χ0n) is 11.4. The van der Waals surface area contributed by atoms with E-state index in [0.29, 0.717) is 22.9 Å². The van der Waals surface area contributed by atoms with Crippen LogP contribution >= 0.6 is 39.3 Å². The summed E-state index contributed by atoms with van der Waals surface area (Å²) in [5.74, 6) is 0.512. The first kappa shape index (κ1) is 15.2. The van der Waals surface area contributed by atoms with Crippen LogP contribution in [0.4, 0.5) is 5.69 Å². The van der Waals surface area contributed by atoms with Crippen molar-refractivity contribution in [2.45, 2.75) is 30.7 Å². The van der Waals surface area contributed by atoms with E-state index >= 15 is 0 Å². The zero-order valence-corrected chi connectivity index (χ0v) is 14.5. The number of nitrogens with one attached hydrogen (secondary N) is 1. The fourth-order valence-electron chi connectivity index (χ4n) is 2.82. The summed E-state index contributed by atoms with van der Waals surface area (Å²) in [7, 11) is 0. The highest BCUT2D eigenvalue weighted by Crippen LogP contribution is 2.47. The van der Waals surface area contributed by atoms with Crippen molar-refractivity contribution in [3.63, 3.8) is 0 Å². The summed E-state index contributed by atoms with van der Waals surface area (Å²) in [5, 5.41) is 3.30. The second-order valence-electron chi connectivity index (χ2n) is 5.38. The lowest BCUT2D eigenvalue weighted by molar-refractivity contribution is -0.135. The molecule has 112 valence electrons. The Labute approximate surface area is 140 Å². The summed E-state index contributed by atoms with van der Waals surface area (Å²) in [6.07, 6.45) is 1.33. The lowest BCUT2D eigenvalue weighted by Gasteiger charge is -2.29. The number of carbonyl (C=O) groups excluding carboxylic acids is 2. The van der Waals surface area contributed by atoms with Gasteiger partial charge in [0, 0.05) is 16.6 Å². The van der Waals surface area contributed by atoms with Crippen LogP contribution in [0.3, 0.4) is 0 Å². The van der Waals surface area contributed by atoms with Crippen molar-refractivity contribution >= 4 is 56.8 Å². The van der Waals surface area contributed by atoms with Gasteiger partial charge in [-0.05, 0) is 31.5 Å². The molecule has 3 rings (SSSR count). The molecule has 2 atom stereocenters. The van der Waals surface area contributed by atoms with Crippen LogP contribution in [0.25, 0.3) is 0 Å². The minimum absolute atomic E-state index is 0.0598. The topological polar surface area (TPSA) is 49.4 Å². The van der Waals surface area contributed by atoms with Crippen LogP contribution in [0.2, 0.25) is 5.02 Å². The van der Waals surface area contributed by atoms with Crippen molar-refractivity contribution in [3.8, 4) is 0 Å². The number of amides is 2. The van der Waals surface area contributed by atoms with Gasteiger partial charge < -0.3 is 10.2 Å². The standard InChI is InChI=1S/C14H14BrClN2O2S/c1-14-5-4-12(19)18(14)11(7-21-14)13(20)17-10-3-2-8(15)6-9(10)16/h2-3,6,11H,4-5,7H2,1H3,(H,17,20)/t11-,14+/m1/s1. The lowest BCUT2D eigenvalue weighted by Crippen LogP contribution is -2.48. The number of halogens is 2. The number of fused-ring (bicyclic) bond motifs is 1. The van der Waals surface area contributed by atoms with Gasteiger partial charge in [-0.2, -0.15) is 0 Å². The second kappa shape index (κ2) is 5.48. The van der Waals surface area contributed by atoms with Gasteiger partial charge in [0.25, 0.3) is 0 Å². The van der Waals surface area contributed by atoms with E-state index in [1.807, 2.05) is 13.0 Å². The van der Waals surface area contributed by atoms with Gasteiger partial charge >= 0.3 is 0 Å². The molecule has 2 amide bonds. The molecule has 2 aliphatic rings. The Morgan fingerprint density at radius 1 is 1.57 bits per heavy atom. The van der Waals surface area contributed by atoms with Crippen molar-refractivity contribution in [2.75, 3.05) is 11.1 Å². The first-order valence-electron chi connectivity index (χ1n) is 6.63. The first-order valence-corrected chi connectivity index (χ1v) is 8.78. The van der Waals surface area contributed by atoms with Crippen molar-refractivity contribution in [1.82, 2.24) is 4.90 Å². The summed E-state index contributed by atoms with van der Waals surface area (Å²) in [5.41, 5.74) is 0.565. The van der Waals surface area contributed by atoms with Crippen LogP contribution in [0.15, 0.2) is 22.7 Å². The number of anilines is 1. The predicted molar refractivity (Wildman–Crippen MR) is 88.5 cm³/mol. The van der Waals surface area contributed by atoms with Gasteiger partial charge in [-0.15, -0.1) is 11.8 Å². The highest BCUT2D eigenvalue weighted by molar-refractivity contribution is 9.10. The van der Waals surface area contributed by atoms with Crippen molar-refractivity contribution in [1.29, 1.82) is 0 Å². The molecule has 2 saturated heterocycles. The number of rotatable bonds is 2. The van der Waals surface area contributed by atoms with Crippen molar-refractivity contribution in [2.24, 2.45) is 0 Å². The number of hydrogen-bond acceptors (Lipinski definition) is 3. The molecule has 2 fully saturated rings. The van der Waals surface area contributed by atoms with Crippen LogP contribution in [0.5, 0.6) is 0 Å². The molecule has 1 N–H and O–H groups in total. The van der Waals surface area contributed by atoms with Crippen LogP contribution in [0.1, 0.15) is 19.8 Å². The molecule has 2 heterocycles. The Morgan fingerprint density at radius 2 is 2.33 bits per heavy atom. The maximum absolute atomic E-state index is 12.5. The van der Waals surface area contributed by atoms with Gasteiger partial charge in [0.1, 0.15) is 6.04 Å². The van der Waals surface area contributed by atoms with Gasteiger partial charge in [-0.1, -0.05) is 27.5 Å². The third kappa shape index (κ3) is 2.69. The molecule has 0 radical (unpaired) electrons. The van der Waals surface area contributed by atoms with Crippen LogP contribution < -0.4 is 5.32 Å². The second-order valence-corrected chi connectivity index (χ2v) is 8.20. The largest absolute Gasteiger partial charge is 0.323 e. The average Bonchev–Trinajstić information content (AvgIpc) is 2.90. The minimum atomic E-state index is -0.422. The maximum Gasteiger partial charge on any atom is 0.248 e. The first-order chi connectivity index (χ1) is 9.90. The van der Waals surface area contributed by atoms with Crippen molar-refractivity contribution < 1.29 is 9.59 Å². The fourth-order valence-corrected chi connectivity index (χ4v) is 4.97. The fraction of sp³-hybridized carbons (Fsp3) is 0.429. The van der Waals surface area contributed by atoms with Crippen molar-refractivity contribution in [3.05, 3.63) is 27.7 Å². The molecule has 0 bridgehead atoms. The van der Waals surface area contributed by atoms with E-state index in [2.05, 4.69) is 21.2 Å². The van der Waals surface area contributed by atoms with Gasteiger partial charge in [-0.25, -0.2) is 0 Å². The third-order valence-electron chi connectivity index (χ3n) is 3.94. The van der Waals surface area contributed by atoms with E-state index in [4.69, 9.17) is 11.6 Å². The normalized spacial score (nSPS) is 27.9. The number of thioether (sulfide) groups is 1. The summed E-state index contributed by atoms with van der Waals surface area (Å²) in [6, 6.07) is 4.87. The highest BCUT2D eigenvalue weighted by Gasteiger charge is 2.52. The van der Waals surface area contributed by atoms with Gasteiger partial charge in [0.15, 0.2) is 0 Å². The Bertz CT molecular complexity index is 627. The smallest absolute Gasteiger partial charge is 0.248 e. The molecular formula is C14H14BrClN2O2S. The van der Waals surface area contributed by atoms with E-state index in [-0.39, 0.29) is 16.7 Å². The minimum Gasteiger partial charge on any atom is -0.323 e. The Hall–Kier alpha value is -0.720. The van der Waals surface area contributed by atoms with Gasteiger partial charge in [0.05, 0.1) is 15.6 Å². The van der Waals surface area contributed by atoms with Crippen LogP contribution in [0, 0.1) is 0 Å². The van der Waals surface area contributed by atoms with Crippen LogP contribution in [-0.4, -0.2) is 33.4 Å². The summed E-state index contributed by atoms with van der Waals surface area (Å²) < 4.78 is 0.851. The molecule has 21 heavy (non-hydrogen) atoms. The summed E-state index contributed by atoms with van der Waals surface area (Å²) in [6.45, 7) is 2.03. The number of hydrogen-bond donors (Lipinski definition) is 1. The highest BCUT2D eigenvalue weighted by atomic mass is 79.9. The van der Waals surface area contributed by atoms with Gasteiger partial charge in [0.2, 0.25) is 11.8 Å². The molecule has 0 spiro atoms. The Kier molecular flexibility index (Phi) is 3.96. The van der Waals surface area contributed by atoms with E-state index in [9.17, 15) is 9.59 Å². The number of carbonyl (C=O) groups is 2. The van der Waals surface area contributed by atoms with E-state index in [0.717, 1.165) is 10.9 Å². The predicted octanol–water partition coefficient (Wildman–Crippen LogP) is 3.50. The maximum atomic E-state index is 12.5. The molecular weight excluding hydrogens is 376 g/mol. The average molecular weight is 390 g/mol. The Morgan fingerprint density at radius 3 is 3.05 bits per heavy atom. The molecule has 0 unspecified atom stereocenters. The summed E-state index contributed by atoms with van der Waals surface area (Å²) >= 11 is 11.1. The molecule has 4 nitrogen and oxygen atoms in total. The molecule has 1 aromatic rings.